The van der Waals surface area contributed by atoms with E-state index in [2.05, 4.69) is 15.9 Å². The first-order chi connectivity index (χ1) is 16.1. The monoisotopic (exact) mass is 470 g/mol. The molecule has 5 aliphatic heterocycles. The summed E-state index contributed by atoms with van der Waals surface area (Å²) in [6.45, 7) is 2.80. The number of aliphatic hydroxyl groups is 1. The molecule has 6 fully saturated rings. The van der Waals surface area contributed by atoms with Gasteiger partial charge in [-0.15, -0.1) is 11.8 Å². The Balaban J connectivity index is 1.24. The average molecular weight is 471 g/mol. The van der Waals surface area contributed by atoms with Crippen LogP contribution in [-0.4, -0.2) is 86.6 Å². The minimum absolute atomic E-state index is 0.000171. The fraction of sp³-hybridized carbons (Fsp3) is 0.760. The molecule has 8 atom stereocenters. The molecule has 2 saturated carbocycles. The van der Waals surface area contributed by atoms with Crippen molar-refractivity contribution in [1.29, 1.82) is 0 Å². The zero-order chi connectivity index (χ0) is 21.7. The van der Waals surface area contributed by atoms with Crippen molar-refractivity contribution < 1.29 is 24.4 Å². The van der Waals surface area contributed by atoms with Gasteiger partial charge in [0.2, 0.25) is 0 Å². The van der Waals surface area contributed by atoms with Crippen LogP contribution in [0, 0.1) is 5.92 Å². The quantitative estimate of drug-likeness (QED) is 0.678. The maximum absolute atomic E-state index is 12.7. The number of fused-ring (bicyclic) bond motifs is 2. The first-order valence-corrected chi connectivity index (χ1v) is 13.8. The van der Waals surface area contributed by atoms with Crippen molar-refractivity contribution in [3.05, 3.63) is 23.3 Å². The van der Waals surface area contributed by atoms with E-state index in [1.54, 1.807) is 6.07 Å². The molecule has 9 rings (SSSR count). The highest BCUT2D eigenvalue weighted by Crippen LogP contribution is 2.70. The Bertz CT molecular complexity index is 1080. The summed E-state index contributed by atoms with van der Waals surface area (Å²) in [5, 5.41) is 23.6. The predicted molar refractivity (Wildman–Crippen MR) is 120 cm³/mol. The largest absolute Gasteiger partial charge is 0.504 e. The number of hydrogen-bond acceptors (Lipinski definition) is 8. The number of benzene rings is 1. The number of phenolic OH excluding ortho intramolecular Hbond substituents is 1. The van der Waals surface area contributed by atoms with E-state index in [1.807, 2.05) is 11.8 Å². The van der Waals surface area contributed by atoms with Crippen LogP contribution in [-0.2, 0) is 21.3 Å². The molecule has 1 aromatic carbocycles. The number of likely N-dealkylation sites (tertiary alicyclic amines) is 1. The fourth-order valence-corrected chi connectivity index (χ4v) is 10.2. The number of rotatable bonds is 2. The van der Waals surface area contributed by atoms with Crippen molar-refractivity contribution in [3.63, 3.8) is 0 Å². The highest BCUT2D eigenvalue weighted by molar-refractivity contribution is 8.00. The van der Waals surface area contributed by atoms with E-state index in [0.717, 1.165) is 56.2 Å². The fourth-order valence-electron chi connectivity index (χ4n) is 8.88. The van der Waals surface area contributed by atoms with Crippen molar-refractivity contribution in [2.45, 2.75) is 85.1 Å². The van der Waals surface area contributed by atoms with Crippen molar-refractivity contribution in [1.82, 2.24) is 9.80 Å². The first-order valence-electron chi connectivity index (χ1n) is 12.7. The Hall–Kier alpha value is -1.03. The minimum Gasteiger partial charge on any atom is -0.504 e. The molecule has 3 aliphatic carbocycles. The number of thioether (sulfide) groups is 1. The van der Waals surface area contributed by atoms with Crippen molar-refractivity contribution in [3.8, 4) is 11.5 Å². The molecule has 4 saturated heterocycles. The summed E-state index contributed by atoms with van der Waals surface area (Å²) < 4.78 is 20.1. The molecule has 0 radical (unpaired) electrons. The molecule has 8 aliphatic rings. The van der Waals surface area contributed by atoms with Gasteiger partial charge in [0.25, 0.3) is 0 Å². The lowest BCUT2D eigenvalue weighted by Gasteiger charge is -2.66. The van der Waals surface area contributed by atoms with Gasteiger partial charge in [-0.05, 0) is 62.6 Å². The number of nitrogens with zero attached hydrogens (tertiary/aromatic N) is 2. The number of piperidine rings is 1. The van der Waals surface area contributed by atoms with Crippen LogP contribution in [0.15, 0.2) is 12.1 Å². The number of ether oxygens (including phenoxy) is 3. The van der Waals surface area contributed by atoms with Gasteiger partial charge in [-0.25, -0.2) is 4.90 Å². The normalized spacial score (nSPS) is 51.1. The molecule has 8 heteroatoms. The second kappa shape index (κ2) is 5.85. The SMILES string of the molecule is Oc1ccc2c3c1O[C@H]1[C@]4(CC[C@@]5(O)[C@@H](C2)N(CC2CC2)CC[C@]315)O[C@H]1SC[C@H]2CO[C@@H]4N21. The van der Waals surface area contributed by atoms with Gasteiger partial charge in [0.05, 0.1) is 17.6 Å². The molecule has 7 nitrogen and oxygen atoms in total. The van der Waals surface area contributed by atoms with Gasteiger partial charge in [0, 0.05) is 29.9 Å². The van der Waals surface area contributed by atoms with Gasteiger partial charge in [-0.1, -0.05) is 6.07 Å². The molecule has 2 N–H and O–H groups in total. The summed E-state index contributed by atoms with van der Waals surface area (Å²) >= 11 is 1.87. The van der Waals surface area contributed by atoms with Gasteiger partial charge in [-0.3, -0.25) is 4.90 Å². The Kier molecular flexibility index (Phi) is 3.40. The molecule has 33 heavy (non-hydrogen) atoms. The summed E-state index contributed by atoms with van der Waals surface area (Å²) in [6, 6.07) is 4.34. The third-order valence-corrected chi connectivity index (χ3v) is 11.6. The topological polar surface area (TPSA) is 74.6 Å². The highest BCUT2D eigenvalue weighted by Gasteiger charge is 2.80. The van der Waals surface area contributed by atoms with E-state index in [-0.39, 0.29) is 29.7 Å². The van der Waals surface area contributed by atoms with Crippen LogP contribution >= 0.6 is 11.8 Å². The van der Waals surface area contributed by atoms with E-state index in [0.29, 0.717) is 18.2 Å². The van der Waals surface area contributed by atoms with Gasteiger partial charge < -0.3 is 24.4 Å². The molecule has 0 aromatic heterocycles. The van der Waals surface area contributed by atoms with E-state index in [9.17, 15) is 10.2 Å². The van der Waals surface area contributed by atoms with Crippen molar-refractivity contribution in [2.24, 2.45) is 5.92 Å². The van der Waals surface area contributed by atoms with Crippen LogP contribution in [0.4, 0.5) is 0 Å². The maximum atomic E-state index is 12.7. The Morgan fingerprint density at radius 1 is 1.18 bits per heavy atom. The molecule has 5 heterocycles. The molecule has 2 spiro atoms. The lowest BCUT2D eigenvalue weighted by Crippen LogP contribution is -2.80. The number of phenols is 1. The molecule has 0 amide bonds. The van der Waals surface area contributed by atoms with Crippen molar-refractivity contribution >= 4 is 11.8 Å². The molecule has 176 valence electrons. The average Bonchev–Trinajstić information content (AvgIpc) is 3.14. The van der Waals surface area contributed by atoms with E-state index < -0.39 is 16.6 Å². The van der Waals surface area contributed by atoms with Gasteiger partial charge in [-0.2, -0.15) is 0 Å². The summed E-state index contributed by atoms with van der Waals surface area (Å²) in [7, 11) is 0. The second-order valence-corrected chi connectivity index (χ2v) is 12.8. The number of hydrogen-bond donors (Lipinski definition) is 2. The van der Waals surface area contributed by atoms with Crippen LogP contribution in [0.2, 0.25) is 0 Å². The summed E-state index contributed by atoms with van der Waals surface area (Å²) in [5.74, 6) is 2.61. The smallest absolute Gasteiger partial charge is 0.165 e. The van der Waals surface area contributed by atoms with E-state index >= 15 is 0 Å². The van der Waals surface area contributed by atoms with E-state index in [1.165, 1.54) is 18.4 Å². The van der Waals surface area contributed by atoms with Gasteiger partial charge in [0.15, 0.2) is 17.1 Å². The Morgan fingerprint density at radius 3 is 2.97 bits per heavy atom. The van der Waals surface area contributed by atoms with Gasteiger partial charge >= 0.3 is 0 Å². The van der Waals surface area contributed by atoms with Crippen LogP contribution < -0.4 is 4.74 Å². The zero-order valence-corrected chi connectivity index (χ0v) is 19.4. The molecule has 2 bridgehead atoms. The molecular formula is C25H30N2O5S. The minimum atomic E-state index is -0.885. The molecule has 0 unspecified atom stereocenters. The van der Waals surface area contributed by atoms with Crippen molar-refractivity contribution in [2.75, 3.05) is 25.4 Å². The lowest BCUT2D eigenvalue weighted by atomic mass is 9.46. The van der Waals surface area contributed by atoms with Crippen LogP contribution in [0.3, 0.4) is 0 Å². The maximum Gasteiger partial charge on any atom is 0.165 e. The summed E-state index contributed by atoms with van der Waals surface area (Å²) in [5.41, 5.74) is 0.222. The van der Waals surface area contributed by atoms with E-state index in [4.69, 9.17) is 14.2 Å². The second-order valence-electron chi connectivity index (χ2n) is 11.7. The van der Waals surface area contributed by atoms with Gasteiger partial charge in [0.1, 0.15) is 17.9 Å². The Morgan fingerprint density at radius 2 is 2.09 bits per heavy atom. The van der Waals surface area contributed by atoms with Crippen LogP contribution in [0.1, 0.15) is 43.2 Å². The summed E-state index contributed by atoms with van der Waals surface area (Å²) in [6.07, 6.45) is 5.20. The number of aromatic hydroxyl groups is 1. The van der Waals surface area contributed by atoms with Crippen LogP contribution in [0.5, 0.6) is 11.5 Å². The zero-order valence-electron chi connectivity index (χ0n) is 18.6. The Labute approximate surface area is 197 Å². The lowest BCUT2D eigenvalue weighted by molar-refractivity contribution is -0.255. The molecular weight excluding hydrogens is 440 g/mol. The highest BCUT2D eigenvalue weighted by atomic mass is 32.2. The predicted octanol–water partition coefficient (Wildman–Crippen LogP) is 1.78. The van der Waals surface area contributed by atoms with Crippen LogP contribution in [0.25, 0.3) is 0 Å². The third kappa shape index (κ3) is 2.00. The summed E-state index contributed by atoms with van der Waals surface area (Å²) in [4.78, 5) is 5.00. The molecule has 1 aromatic rings. The standard InChI is InChI=1S/C25H30N2O5S/c28-16-4-3-14-9-17-25(29)6-5-24(21-27-15(11-30-21)12-33-22(27)32-24)20-23(25,18(14)19(16)31-20)7-8-26(17)10-13-1-2-13/h3-4,13,15,17,20-22,28-29H,1-2,5-12H2/t15-,17-,20-,21+,22+,23+,24+,25-/m1/s1. The first kappa shape index (κ1) is 19.2. The third-order valence-electron chi connectivity index (χ3n) is 10.4.